The van der Waals surface area contributed by atoms with Crippen LogP contribution in [0.3, 0.4) is 0 Å². The van der Waals surface area contributed by atoms with Gasteiger partial charge in [0, 0.05) is 13.2 Å². The van der Waals surface area contributed by atoms with Crippen molar-refractivity contribution in [1.29, 1.82) is 0 Å². The van der Waals surface area contributed by atoms with Crippen LogP contribution >= 0.6 is 23.1 Å². The Morgan fingerprint density at radius 3 is 3.05 bits per heavy atom. The molecule has 2 heterocycles. The second-order valence-corrected chi connectivity index (χ2v) is 5.97. The van der Waals surface area contributed by atoms with E-state index in [0.717, 1.165) is 10.1 Å². The van der Waals surface area contributed by atoms with E-state index in [1.165, 1.54) is 23.1 Å². The molecule has 0 aromatic carbocycles. The SMILES string of the molecule is CCSc1nnc(NC(=O)c2cn(C)nc2OC)s1. The summed E-state index contributed by atoms with van der Waals surface area (Å²) in [6, 6.07) is 0. The van der Waals surface area contributed by atoms with Gasteiger partial charge in [-0.25, -0.2) is 0 Å². The number of anilines is 1. The largest absolute Gasteiger partial charge is 0.479 e. The number of hydrogen-bond acceptors (Lipinski definition) is 7. The molecule has 102 valence electrons. The summed E-state index contributed by atoms with van der Waals surface area (Å²) in [4.78, 5) is 12.1. The molecule has 0 unspecified atom stereocenters. The first-order chi connectivity index (χ1) is 9.13. The Hall–Kier alpha value is -1.61. The molecule has 19 heavy (non-hydrogen) atoms. The molecule has 0 fully saturated rings. The number of amides is 1. The van der Waals surface area contributed by atoms with Gasteiger partial charge >= 0.3 is 0 Å². The van der Waals surface area contributed by atoms with E-state index in [9.17, 15) is 4.79 Å². The van der Waals surface area contributed by atoms with Crippen molar-refractivity contribution in [2.75, 3.05) is 18.2 Å². The van der Waals surface area contributed by atoms with Gasteiger partial charge in [0.25, 0.3) is 5.91 Å². The molecular formula is C10H13N5O2S2. The summed E-state index contributed by atoms with van der Waals surface area (Å²) in [7, 11) is 3.19. The summed E-state index contributed by atoms with van der Waals surface area (Å²) in [6.07, 6.45) is 1.59. The fraction of sp³-hybridized carbons (Fsp3) is 0.400. The Kier molecular flexibility index (Phi) is 4.38. The monoisotopic (exact) mass is 299 g/mol. The van der Waals surface area contributed by atoms with Gasteiger partial charge in [-0.15, -0.1) is 15.3 Å². The minimum atomic E-state index is -0.311. The molecule has 2 aromatic rings. The summed E-state index contributed by atoms with van der Waals surface area (Å²) in [5, 5.41) is 15.0. The number of rotatable bonds is 5. The Labute approximate surface area is 118 Å². The van der Waals surface area contributed by atoms with Gasteiger partial charge in [0.05, 0.1) is 7.11 Å². The van der Waals surface area contributed by atoms with Crippen molar-refractivity contribution in [2.45, 2.75) is 11.3 Å². The topological polar surface area (TPSA) is 81.9 Å². The number of carbonyl (C=O) groups is 1. The predicted octanol–water partition coefficient (Wildman–Crippen LogP) is 1.64. The third-order valence-corrected chi connectivity index (χ3v) is 3.98. The highest BCUT2D eigenvalue weighted by Crippen LogP contribution is 2.26. The number of nitrogens with one attached hydrogen (secondary N) is 1. The average molecular weight is 299 g/mol. The van der Waals surface area contributed by atoms with E-state index in [1.807, 2.05) is 6.92 Å². The minimum Gasteiger partial charge on any atom is -0.479 e. The van der Waals surface area contributed by atoms with Crippen LogP contribution < -0.4 is 10.1 Å². The van der Waals surface area contributed by atoms with Crippen molar-refractivity contribution in [2.24, 2.45) is 7.05 Å². The number of methoxy groups -OCH3 is 1. The van der Waals surface area contributed by atoms with Crippen LogP contribution in [0, 0.1) is 0 Å². The number of aromatic nitrogens is 4. The molecule has 1 N–H and O–H groups in total. The lowest BCUT2D eigenvalue weighted by molar-refractivity contribution is 0.102. The molecule has 0 spiro atoms. The average Bonchev–Trinajstić information content (AvgIpc) is 2.96. The molecule has 1 amide bonds. The third kappa shape index (κ3) is 3.24. The van der Waals surface area contributed by atoms with Gasteiger partial charge in [0.1, 0.15) is 5.56 Å². The first kappa shape index (κ1) is 13.8. The summed E-state index contributed by atoms with van der Waals surface area (Å²) in [5.41, 5.74) is 0.366. The molecule has 0 aliphatic rings. The molecule has 0 saturated heterocycles. The zero-order valence-corrected chi connectivity index (χ0v) is 12.3. The van der Waals surface area contributed by atoms with Crippen LogP contribution in [0.2, 0.25) is 0 Å². The smallest absolute Gasteiger partial charge is 0.264 e. The molecule has 0 radical (unpaired) electrons. The van der Waals surface area contributed by atoms with Crippen LogP contribution in [0.5, 0.6) is 5.88 Å². The van der Waals surface area contributed by atoms with Gasteiger partial charge in [-0.2, -0.15) is 0 Å². The molecule has 0 bridgehead atoms. The van der Waals surface area contributed by atoms with Crippen LogP contribution in [-0.4, -0.2) is 38.7 Å². The standard InChI is InChI=1S/C10H13N5O2S2/c1-4-18-10-13-12-9(19-10)11-7(16)6-5-15(2)14-8(6)17-3/h5H,4H2,1-3H3,(H,11,12,16). The summed E-state index contributed by atoms with van der Waals surface area (Å²) in [6.45, 7) is 2.03. The molecule has 0 aliphatic carbocycles. The minimum absolute atomic E-state index is 0.285. The fourth-order valence-electron chi connectivity index (χ4n) is 1.38. The third-order valence-electron chi connectivity index (χ3n) is 2.13. The normalized spacial score (nSPS) is 10.5. The van der Waals surface area contributed by atoms with E-state index in [1.54, 1.807) is 25.0 Å². The lowest BCUT2D eigenvalue weighted by Gasteiger charge is -1.99. The van der Waals surface area contributed by atoms with Crippen molar-refractivity contribution in [3.05, 3.63) is 11.8 Å². The maximum absolute atomic E-state index is 12.1. The first-order valence-electron chi connectivity index (χ1n) is 5.49. The van der Waals surface area contributed by atoms with Gasteiger partial charge in [-0.1, -0.05) is 30.0 Å². The first-order valence-corrected chi connectivity index (χ1v) is 7.29. The quantitative estimate of drug-likeness (QED) is 0.667. The predicted molar refractivity (Wildman–Crippen MR) is 74.0 cm³/mol. The zero-order chi connectivity index (χ0) is 13.8. The molecule has 0 aliphatic heterocycles. The van der Waals surface area contributed by atoms with Crippen LogP contribution in [0.25, 0.3) is 0 Å². The molecule has 7 nitrogen and oxygen atoms in total. The van der Waals surface area contributed by atoms with Crippen molar-refractivity contribution in [3.63, 3.8) is 0 Å². The summed E-state index contributed by atoms with van der Waals surface area (Å²) in [5.74, 6) is 0.890. The molecule has 2 rings (SSSR count). The Morgan fingerprint density at radius 1 is 1.58 bits per heavy atom. The van der Waals surface area contributed by atoms with Crippen LogP contribution in [-0.2, 0) is 7.05 Å². The number of carbonyl (C=O) groups excluding carboxylic acids is 1. The van der Waals surface area contributed by atoms with Crippen molar-refractivity contribution in [1.82, 2.24) is 20.0 Å². The van der Waals surface area contributed by atoms with Crippen molar-refractivity contribution >= 4 is 34.1 Å². The Bertz CT molecular complexity index is 580. The number of nitrogens with zero attached hydrogens (tertiary/aromatic N) is 4. The van der Waals surface area contributed by atoms with E-state index in [4.69, 9.17) is 4.74 Å². The number of thioether (sulfide) groups is 1. The number of ether oxygens (including phenoxy) is 1. The highest BCUT2D eigenvalue weighted by molar-refractivity contribution is 8.01. The van der Waals surface area contributed by atoms with Gasteiger partial charge in [0.15, 0.2) is 4.34 Å². The van der Waals surface area contributed by atoms with Gasteiger partial charge in [-0.05, 0) is 5.75 Å². The highest BCUT2D eigenvalue weighted by Gasteiger charge is 2.18. The second kappa shape index (κ2) is 6.02. The lowest BCUT2D eigenvalue weighted by atomic mass is 10.3. The van der Waals surface area contributed by atoms with Gasteiger partial charge in [-0.3, -0.25) is 14.8 Å². The molecule has 9 heteroatoms. The maximum atomic E-state index is 12.1. The van der Waals surface area contributed by atoms with Crippen molar-refractivity contribution in [3.8, 4) is 5.88 Å². The van der Waals surface area contributed by atoms with Crippen LogP contribution in [0.1, 0.15) is 17.3 Å². The van der Waals surface area contributed by atoms with Gasteiger partial charge < -0.3 is 4.74 Å². The highest BCUT2D eigenvalue weighted by atomic mass is 32.2. The fourth-order valence-corrected chi connectivity index (χ4v) is 3.03. The molecule has 0 atom stereocenters. The van der Waals surface area contributed by atoms with E-state index in [2.05, 4.69) is 20.6 Å². The van der Waals surface area contributed by atoms with E-state index >= 15 is 0 Å². The summed E-state index contributed by atoms with van der Waals surface area (Å²) >= 11 is 2.92. The molecular weight excluding hydrogens is 286 g/mol. The van der Waals surface area contributed by atoms with Gasteiger partial charge in [0.2, 0.25) is 11.0 Å². The molecule has 2 aromatic heterocycles. The molecule has 0 saturated carbocycles. The lowest BCUT2D eigenvalue weighted by Crippen LogP contribution is -2.12. The van der Waals surface area contributed by atoms with Crippen LogP contribution in [0.15, 0.2) is 10.5 Å². The Morgan fingerprint density at radius 2 is 2.37 bits per heavy atom. The van der Waals surface area contributed by atoms with Crippen molar-refractivity contribution < 1.29 is 9.53 Å². The Balaban J connectivity index is 2.11. The number of aryl methyl sites for hydroxylation is 1. The second-order valence-electron chi connectivity index (χ2n) is 3.49. The zero-order valence-electron chi connectivity index (χ0n) is 10.7. The van der Waals surface area contributed by atoms with E-state index in [-0.39, 0.29) is 11.8 Å². The maximum Gasteiger partial charge on any atom is 0.264 e. The van der Waals surface area contributed by atoms with E-state index in [0.29, 0.717) is 10.7 Å². The number of hydrogen-bond donors (Lipinski definition) is 1. The van der Waals surface area contributed by atoms with E-state index < -0.39 is 0 Å². The van der Waals surface area contributed by atoms with Crippen LogP contribution in [0.4, 0.5) is 5.13 Å². The summed E-state index contributed by atoms with van der Waals surface area (Å²) < 4.78 is 7.39.